The summed E-state index contributed by atoms with van der Waals surface area (Å²) in [5.41, 5.74) is 6.26. The number of anilines is 1. The summed E-state index contributed by atoms with van der Waals surface area (Å²) in [4.78, 5) is 85.9. The van der Waals surface area contributed by atoms with Gasteiger partial charge in [0.25, 0.3) is 11.8 Å². The highest BCUT2D eigenvalue weighted by molar-refractivity contribution is 6.12. The lowest BCUT2D eigenvalue weighted by Crippen LogP contribution is -2.54. The summed E-state index contributed by atoms with van der Waals surface area (Å²) in [6, 6.07) is 3.99. The van der Waals surface area contributed by atoms with E-state index >= 15 is 0 Å². The van der Waals surface area contributed by atoms with Crippen molar-refractivity contribution in [3.8, 4) is 0 Å². The standard InChI is InChI=1S/C30H43N7O8/c1-19(2)26(36-23(38)9-5-4-6-17-37-24(39)14-15-25(37)40)28(42)35-22(8-7-16-33-29(31)43)27(41)34-21-12-10-20(11-13-21)18-45-30(44)32-3/h10-15,19,22,26H,4-9,16-18H2,1-3H3,(H,32,44)(H,34,41)(H,35,42)(H,36,38)(H3,31,33,43). The Morgan fingerprint density at radius 1 is 0.889 bits per heavy atom. The second-order valence-corrected chi connectivity index (χ2v) is 10.8. The summed E-state index contributed by atoms with van der Waals surface area (Å²) >= 11 is 0. The number of imide groups is 1. The van der Waals surface area contributed by atoms with Crippen LogP contribution in [0.15, 0.2) is 36.4 Å². The van der Waals surface area contributed by atoms with Crippen molar-refractivity contribution >= 4 is 47.3 Å². The van der Waals surface area contributed by atoms with Gasteiger partial charge in [-0.3, -0.25) is 28.9 Å². The Morgan fingerprint density at radius 3 is 2.16 bits per heavy atom. The molecule has 1 aromatic carbocycles. The molecule has 1 aliphatic rings. The molecule has 0 radical (unpaired) electrons. The number of carbonyl (C=O) groups excluding carboxylic acids is 7. The van der Waals surface area contributed by atoms with Crippen LogP contribution in [0.2, 0.25) is 0 Å². The predicted molar refractivity (Wildman–Crippen MR) is 164 cm³/mol. The number of ether oxygens (including phenoxy) is 1. The van der Waals surface area contributed by atoms with Crippen molar-refractivity contribution in [1.29, 1.82) is 0 Å². The van der Waals surface area contributed by atoms with E-state index in [0.717, 1.165) is 4.90 Å². The number of hydrogen-bond donors (Lipinski definition) is 6. The Balaban J connectivity index is 1.94. The monoisotopic (exact) mass is 629 g/mol. The van der Waals surface area contributed by atoms with Crippen molar-refractivity contribution in [2.75, 3.05) is 25.5 Å². The summed E-state index contributed by atoms with van der Waals surface area (Å²) in [6.45, 7) is 4.04. The van der Waals surface area contributed by atoms with Crippen LogP contribution >= 0.6 is 0 Å². The van der Waals surface area contributed by atoms with Gasteiger partial charge in [0, 0.05) is 44.4 Å². The van der Waals surface area contributed by atoms with E-state index in [2.05, 4.69) is 26.6 Å². The Bertz CT molecular complexity index is 1230. The zero-order valence-corrected chi connectivity index (χ0v) is 25.9. The average molecular weight is 630 g/mol. The maximum absolute atomic E-state index is 13.3. The normalized spacial score (nSPS) is 13.6. The first-order valence-corrected chi connectivity index (χ1v) is 14.8. The first-order chi connectivity index (χ1) is 21.4. The molecule has 2 unspecified atom stereocenters. The van der Waals surface area contributed by atoms with E-state index < -0.39 is 36.0 Å². The van der Waals surface area contributed by atoms with E-state index in [-0.39, 0.29) is 56.2 Å². The van der Waals surface area contributed by atoms with Crippen LogP contribution in [0.5, 0.6) is 0 Å². The molecule has 0 spiro atoms. The predicted octanol–water partition coefficient (Wildman–Crippen LogP) is 1.04. The lowest BCUT2D eigenvalue weighted by atomic mass is 10.0. The summed E-state index contributed by atoms with van der Waals surface area (Å²) in [5, 5.41) is 13.0. The van der Waals surface area contributed by atoms with E-state index in [1.807, 2.05) is 0 Å². The second-order valence-electron chi connectivity index (χ2n) is 10.8. The molecule has 1 heterocycles. The Kier molecular flexibility index (Phi) is 15.0. The molecular formula is C30H43N7O8. The summed E-state index contributed by atoms with van der Waals surface area (Å²) in [7, 11) is 1.45. The van der Waals surface area contributed by atoms with Crippen LogP contribution in [-0.2, 0) is 35.3 Å². The van der Waals surface area contributed by atoms with Gasteiger partial charge in [-0.2, -0.15) is 0 Å². The summed E-state index contributed by atoms with van der Waals surface area (Å²) in [6.07, 6.45) is 4.18. The van der Waals surface area contributed by atoms with E-state index in [9.17, 15) is 33.6 Å². The average Bonchev–Trinajstić information content (AvgIpc) is 3.32. The van der Waals surface area contributed by atoms with Gasteiger partial charge < -0.3 is 37.1 Å². The molecule has 7 N–H and O–H groups in total. The van der Waals surface area contributed by atoms with E-state index in [1.165, 1.54) is 19.2 Å². The third-order valence-corrected chi connectivity index (χ3v) is 6.85. The minimum atomic E-state index is -0.993. The number of amides is 8. The Labute approximate surface area is 262 Å². The number of rotatable bonds is 18. The van der Waals surface area contributed by atoms with Crippen LogP contribution in [0.1, 0.15) is 57.9 Å². The van der Waals surface area contributed by atoms with E-state index in [4.69, 9.17) is 10.5 Å². The van der Waals surface area contributed by atoms with Gasteiger partial charge in [-0.15, -0.1) is 0 Å². The number of urea groups is 1. The number of carbonyl (C=O) groups is 7. The van der Waals surface area contributed by atoms with Crippen LogP contribution in [0, 0.1) is 5.92 Å². The fraction of sp³-hybridized carbons (Fsp3) is 0.500. The van der Waals surface area contributed by atoms with Gasteiger partial charge in [0.1, 0.15) is 18.7 Å². The second kappa shape index (κ2) is 18.7. The number of alkyl carbamates (subject to hydrolysis) is 1. The van der Waals surface area contributed by atoms with Crippen LogP contribution in [0.25, 0.3) is 0 Å². The van der Waals surface area contributed by atoms with Gasteiger partial charge in [-0.05, 0) is 49.3 Å². The molecule has 8 amide bonds. The number of nitrogens with one attached hydrogen (secondary N) is 5. The topological polar surface area (TPSA) is 218 Å². The molecule has 0 bridgehead atoms. The molecule has 0 aromatic heterocycles. The number of hydrogen-bond acceptors (Lipinski definition) is 8. The van der Waals surface area contributed by atoms with Gasteiger partial charge in [0.2, 0.25) is 17.7 Å². The highest BCUT2D eigenvalue weighted by Gasteiger charge is 2.29. The highest BCUT2D eigenvalue weighted by atomic mass is 16.5. The molecule has 1 aliphatic heterocycles. The maximum Gasteiger partial charge on any atom is 0.407 e. The molecule has 15 heteroatoms. The van der Waals surface area contributed by atoms with Gasteiger partial charge in [-0.25, -0.2) is 9.59 Å². The number of benzene rings is 1. The molecule has 246 valence electrons. The van der Waals surface area contributed by atoms with Crippen LogP contribution in [-0.4, -0.2) is 78.8 Å². The molecular weight excluding hydrogens is 586 g/mol. The lowest BCUT2D eigenvalue weighted by molar-refractivity contribution is -0.137. The fourth-order valence-corrected chi connectivity index (χ4v) is 4.35. The SMILES string of the molecule is CNC(=O)OCc1ccc(NC(=O)C(CCCNC(N)=O)NC(=O)C(NC(=O)CCCCCN2C(=O)C=CC2=O)C(C)C)cc1. The number of unbranched alkanes of at least 4 members (excludes halogenated alkanes) is 2. The molecule has 0 fully saturated rings. The first kappa shape index (κ1) is 36.2. The number of primary amides is 1. The van der Waals surface area contributed by atoms with Crippen molar-refractivity contribution in [2.45, 2.75) is 71.1 Å². The molecule has 0 saturated carbocycles. The van der Waals surface area contributed by atoms with Gasteiger partial charge >= 0.3 is 12.1 Å². The van der Waals surface area contributed by atoms with Crippen molar-refractivity contribution in [2.24, 2.45) is 11.7 Å². The van der Waals surface area contributed by atoms with Crippen molar-refractivity contribution in [3.05, 3.63) is 42.0 Å². The molecule has 1 aromatic rings. The molecule has 0 saturated heterocycles. The molecule has 0 aliphatic carbocycles. The minimum absolute atomic E-state index is 0.0418. The smallest absolute Gasteiger partial charge is 0.407 e. The van der Waals surface area contributed by atoms with Crippen molar-refractivity contribution in [3.63, 3.8) is 0 Å². The zero-order valence-electron chi connectivity index (χ0n) is 25.9. The molecule has 45 heavy (non-hydrogen) atoms. The zero-order chi connectivity index (χ0) is 33.4. The van der Waals surface area contributed by atoms with Crippen molar-refractivity contribution in [1.82, 2.24) is 26.2 Å². The van der Waals surface area contributed by atoms with Crippen molar-refractivity contribution < 1.29 is 38.3 Å². The van der Waals surface area contributed by atoms with Gasteiger partial charge in [0.05, 0.1) is 0 Å². The molecule has 2 rings (SSSR count). The largest absolute Gasteiger partial charge is 0.445 e. The third-order valence-electron chi connectivity index (χ3n) is 6.85. The Hall–Kier alpha value is -4.95. The molecule has 2 atom stereocenters. The number of nitrogens with zero attached hydrogens (tertiary/aromatic N) is 1. The summed E-state index contributed by atoms with van der Waals surface area (Å²) in [5.74, 6) is -2.37. The van der Waals surface area contributed by atoms with Gasteiger partial charge in [-0.1, -0.05) is 32.4 Å². The quantitative estimate of drug-likeness (QED) is 0.102. The summed E-state index contributed by atoms with van der Waals surface area (Å²) < 4.78 is 5.00. The van der Waals surface area contributed by atoms with E-state index in [1.54, 1.807) is 38.1 Å². The van der Waals surface area contributed by atoms with Crippen LogP contribution in [0.4, 0.5) is 15.3 Å². The highest BCUT2D eigenvalue weighted by Crippen LogP contribution is 2.13. The Morgan fingerprint density at radius 2 is 1.56 bits per heavy atom. The van der Waals surface area contributed by atoms with Crippen LogP contribution in [0.3, 0.4) is 0 Å². The fourth-order valence-electron chi connectivity index (χ4n) is 4.35. The third kappa shape index (κ3) is 13.1. The molecule has 15 nitrogen and oxygen atoms in total. The first-order valence-electron chi connectivity index (χ1n) is 14.8. The maximum atomic E-state index is 13.3. The van der Waals surface area contributed by atoms with E-state index in [0.29, 0.717) is 36.9 Å². The number of nitrogens with two attached hydrogens (primary N) is 1. The lowest BCUT2D eigenvalue weighted by Gasteiger charge is -2.25. The minimum Gasteiger partial charge on any atom is -0.445 e. The van der Waals surface area contributed by atoms with Gasteiger partial charge in [0.15, 0.2) is 0 Å². The van der Waals surface area contributed by atoms with Crippen LogP contribution < -0.4 is 32.3 Å².